The molecule has 0 saturated heterocycles. The topological polar surface area (TPSA) is 64.2 Å². The van der Waals surface area contributed by atoms with Crippen molar-refractivity contribution in [1.29, 1.82) is 0 Å². The van der Waals surface area contributed by atoms with Gasteiger partial charge in [0, 0.05) is 4.47 Å². The maximum absolute atomic E-state index is 12.3. The van der Waals surface area contributed by atoms with Crippen LogP contribution < -0.4 is 15.0 Å². The molecule has 0 aliphatic carbocycles. The summed E-state index contributed by atoms with van der Waals surface area (Å²) in [5.74, 6) is 1.50. The highest BCUT2D eigenvalue weighted by atomic mass is 79.9. The molecule has 0 radical (unpaired) electrons. The van der Waals surface area contributed by atoms with Gasteiger partial charge in [-0.2, -0.15) is 0 Å². The van der Waals surface area contributed by atoms with E-state index in [0.717, 1.165) is 4.47 Å². The summed E-state index contributed by atoms with van der Waals surface area (Å²) in [6.07, 6.45) is 0. The predicted octanol–water partition coefficient (Wildman–Crippen LogP) is 3.37. The molecule has 1 N–H and O–H groups in total. The number of H-pyrrole nitrogens is 1. The van der Waals surface area contributed by atoms with E-state index in [-0.39, 0.29) is 5.56 Å². The van der Waals surface area contributed by atoms with Gasteiger partial charge in [0.05, 0.1) is 30.7 Å². The Morgan fingerprint density at radius 1 is 1.09 bits per heavy atom. The summed E-state index contributed by atoms with van der Waals surface area (Å²) in [5, 5.41) is 0.546. The summed E-state index contributed by atoms with van der Waals surface area (Å²) in [4.78, 5) is 19.6. The van der Waals surface area contributed by atoms with Gasteiger partial charge in [0.2, 0.25) is 0 Å². The number of aromatic nitrogens is 2. The number of aromatic amines is 1. The Kier molecular flexibility index (Phi) is 3.85. The van der Waals surface area contributed by atoms with Gasteiger partial charge in [-0.1, -0.05) is 12.1 Å². The zero-order chi connectivity index (χ0) is 15.7. The smallest absolute Gasteiger partial charge is 0.259 e. The first-order chi connectivity index (χ1) is 10.7. The number of ether oxygens (including phenoxy) is 2. The van der Waals surface area contributed by atoms with Gasteiger partial charge in [-0.05, 0) is 40.2 Å². The predicted molar refractivity (Wildman–Crippen MR) is 88.6 cm³/mol. The summed E-state index contributed by atoms with van der Waals surface area (Å²) in [7, 11) is 3.11. The highest BCUT2D eigenvalue weighted by molar-refractivity contribution is 9.10. The van der Waals surface area contributed by atoms with Gasteiger partial charge in [0.15, 0.2) is 11.5 Å². The molecule has 0 bridgehead atoms. The minimum absolute atomic E-state index is 0.197. The lowest BCUT2D eigenvalue weighted by Crippen LogP contribution is -2.10. The maximum atomic E-state index is 12.3. The lowest BCUT2D eigenvalue weighted by atomic mass is 10.1. The molecule has 6 heteroatoms. The first kappa shape index (κ1) is 14.6. The Balaban J connectivity index is 2.34. The highest BCUT2D eigenvalue weighted by Gasteiger charge is 2.18. The van der Waals surface area contributed by atoms with E-state index in [1.807, 2.05) is 12.1 Å². The molecule has 0 fully saturated rings. The molecular formula is C16H13BrN2O3. The molecule has 3 rings (SSSR count). The second kappa shape index (κ2) is 5.81. The number of halogens is 1. The zero-order valence-corrected chi connectivity index (χ0v) is 13.6. The molecule has 1 heterocycles. The molecule has 0 aliphatic rings. The Morgan fingerprint density at radius 3 is 2.59 bits per heavy atom. The Hall–Kier alpha value is -2.34. The van der Waals surface area contributed by atoms with Crippen LogP contribution >= 0.6 is 15.9 Å². The molecule has 22 heavy (non-hydrogen) atoms. The van der Waals surface area contributed by atoms with Gasteiger partial charge in [0.25, 0.3) is 5.56 Å². The fourth-order valence-electron chi connectivity index (χ4n) is 2.33. The third-order valence-electron chi connectivity index (χ3n) is 3.34. The third kappa shape index (κ3) is 2.35. The molecule has 0 aliphatic heterocycles. The Bertz CT molecular complexity index is 906. The van der Waals surface area contributed by atoms with Crippen molar-refractivity contribution in [3.05, 3.63) is 51.2 Å². The number of nitrogens with zero attached hydrogens (tertiary/aromatic N) is 1. The van der Waals surface area contributed by atoms with Crippen LogP contribution in [0.3, 0.4) is 0 Å². The van der Waals surface area contributed by atoms with Crippen LogP contribution in [0, 0.1) is 0 Å². The summed E-state index contributed by atoms with van der Waals surface area (Å²) in [5.41, 5.74) is 1.07. The Labute approximate surface area is 135 Å². The minimum atomic E-state index is -0.197. The fourth-order valence-corrected chi connectivity index (χ4v) is 2.83. The van der Waals surface area contributed by atoms with Crippen LogP contribution in [-0.2, 0) is 0 Å². The lowest BCUT2D eigenvalue weighted by molar-refractivity contribution is 0.355. The van der Waals surface area contributed by atoms with Crippen LogP contribution in [0.15, 0.2) is 45.7 Å². The van der Waals surface area contributed by atoms with Gasteiger partial charge < -0.3 is 14.5 Å². The molecule has 3 aromatic rings. The van der Waals surface area contributed by atoms with Gasteiger partial charge in [-0.15, -0.1) is 0 Å². The van der Waals surface area contributed by atoms with Crippen LogP contribution in [0.5, 0.6) is 11.5 Å². The van der Waals surface area contributed by atoms with Crippen molar-refractivity contribution in [2.24, 2.45) is 0 Å². The van der Waals surface area contributed by atoms with Crippen molar-refractivity contribution in [3.8, 4) is 22.9 Å². The van der Waals surface area contributed by atoms with Crippen LogP contribution in [0.25, 0.3) is 22.3 Å². The molecule has 0 amide bonds. The first-order valence-electron chi connectivity index (χ1n) is 6.55. The van der Waals surface area contributed by atoms with E-state index in [9.17, 15) is 4.79 Å². The average molecular weight is 361 g/mol. The highest BCUT2D eigenvalue weighted by Crippen LogP contribution is 2.41. The molecule has 0 spiro atoms. The molecule has 0 saturated carbocycles. The van der Waals surface area contributed by atoms with Crippen LogP contribution in [0.1, 0.15) is 0 Å². The van der Waals surface area contributed by atoms with Gasteiger partial charge in [0.1, 0.15) is 5.82 Å². The Morgan fingerprint density at radius 2 is 1.86 bits per heavy atom. The van der Waals surface area contributed by atoms with Crippen molar-refractivity contribution in [2.45, 2.75) is 0 Å². The van der Waals surface area contributed by atoms with Crippen molar-refractivity contribution in [1.82, 2.24) is 9.97 Å². The number of nitrogens with one attached hydrogen (secondary N) is 1. The maximum Gasteiger partial charge on any atom is 0.259 e. The SMILES string of the molecule is COc1ccc(Br)c(-c2nc3ccccc3c(=O)[nH]2)c1OC. The second-order valence-corrected chi connectivity index (χ2v) is 5.44. The van der Waals surface area contributed by atoms with Gasteiger partial charge >= 0.3 is 0 Å². The van der Waals surface area contributed by atoms with E-state index in [2.05, 4.69) is 25.9 Å². The summed E-state index contributed by atoms with van der Waals surface area (Å²) in [6.45, 7) is 0. The molecule has 0 atom stereocenters. The van der Waals surface area contributed by atoms with E-state index in [0.29, 0.717) is 33.8 Å². The number of hydrogen-bond acceptors (Lipinski definition) is 4. The lowest BCUT2D eigenvalue weighted by Gasteiger charge is -2.14. The number of para-hydroxylation sites is 1. The van der Waals surface area contributed by atoms with E-state index in [1.165, 1.54) is 0 Å². The molecule has 1 aromatic heterocycles. The van der Waals surface area contributed by atoms with Gasteiger partial charge in [-0.25, -0.2) is 4.98 Å². The van der Waals surface area contributed by atoms with E-state index < -0.39 is 0 Å². The monoisotopic (exact) mass is 360 g/mol. The number of benzene rings is 2. The van der Waals surface area contributed by atoms with Crippen LogP contribution in [0.4, 0.5) is 0 Å². The third-order valence-corrected chi connectivity index (χ3v) is 4.01. The van der Waals surface area contributed by atoms with Crippen molar-refractivity contribution < 1.29 is 9.47 Å². The van der Waals surface area contributed by atoms with Crippen molar-refractivity contribution >= 4 is 26.8 Å². The van der Waals surface area contributed by atoms with Gasteiger partial charge in [-0.3, -0.25) is 4.79 Å². The number of hydrogen-bond donors (Lipinski definition) is 1. The van der Waals surface area contributed by atoms with Crippen LogP contribution in [-0.4, -0.2) is 24.2 Å². The molecule has 5 nitrogen and oxygen atoms in total. The molecule has 2 aromatic carbocycles. The van der Waals surface area contributed by atoms with Crippen molar-refractivity contribution in [3.63, 3.8) is 0 Å². The zero-order valence-electron chi connectivity index (χ0n) is 12.0. The summed E-state index contributed by atoms with van der Waals surface area (Å²) in [6, 6.07) is 10.8. The van der Waals surface area contributed by atoms with Crippen molar-refractivity contribution in [2.75, 3.05) is 14.2 Å². The molecule has 0 unspecified atom stereocenters. The fraction of sp³-hybridized carbons (Fsp3) is 0.125. The van der Waals surface area contributed by atoms with E-state index >= 15 is 0 Å². The minimum Gasteiger partial charge on any atom is -0.493 e. The average Bonchev–Trinajstić information content (AvgIpc) is 2.54. The van der Waals surface area contributed by atoms with Crippen LogP contribution in [0.2, 0.25) is 0 Å². The van der Waals surface area contributed by atoms with E-state index in [1.54, 1.807) is 38.5 Å². The first-order valence-corrected chi connectivity index (χ1v) is 7.35. The number of fused-ring (bicyclic) bond motifs is 1. The largest absolute Gasteiger partial charge is 0.493 e. The number of rotatable bonds is 3. The normalized spacial score (nSPS) is 10.7. The standard InChI is InChI=1S/C16H13BrN2O3/c1-21-12-8-7-10(17)13(14(12)22-2)15-18-11-6-4-3-5-9(11)16(20)19-15/h3-8H,1-2H3,(H,18,19,20). The molecular weight excluding hydrogens is 348 g/mol. The van der Waals surface area contributed by atoms with E-state index in [4.69, 9.17) is 9.47 Å². The molecule has 112 valence electrons. The number of methoxy groups -OCH3 is 2. The second-order valence-electron chi connectivity index (χ2n) is 4.59. The quantitative estimate of drug-likeness (QED) is 0.777. The summed E-state index contributed by atoms with van der Waals surface area (Å²) >= 11 is 3.48. The summed E-state index contributed by atoms with van der Waals surface area (Å²) < 4.78 is 11.5.